The van der Waals surface area contributed by atoms with E-state index in [1.807, 2.05) is 13.8 Å². The molecule has 2 atom stereocenters. The van der Waals surface area contributed by atoms with Crippen LogP contribution in [0.5, 0.6) is 0 Å². The lowest BCUT2D eigenvalue weighted by molar-refractivity contribution is 0.0905. The first kappa shape index (κ1) is 17.3. The summed E-state index contributed by atoms with van der Waals surface area (Å²) < 4.78 is 44.6. The lowest BCUT2D eigenvalue weighted by atomic mass is 10.0. The predicted molar refractivity (Wildman–Crippen MR) is 81.3 cm³/mol. The number of nitrogens with zero attached hydrogens (tertiary/aromatic N) is 1. The highest BCUT2D eigenvalue weighted by Gasteiger charge is 2.39. The summed E-state index contributed by atoms with van der Waals surface area (Å²) >= 11 is 0. The lowest BCUT2D eigenvalue weighted by Gasteiger charge is -2.24. The normalized spacial score (nSPS) is 23.3. The largest absolute Gasteiger partial charge is 0.392 e. The summed E-state index contributed by atoms with van der Waals surface area (Å²) in [6.07, 6.45) is -0.432. The zero-order chi connectivity index (χ0) is 16.3. The number of ether oxygens (including phenoxy) is 1. The number of hydrogen-bond acceptors (Lipinski definition) is 4. The van der Waals surface area contributed by atoms with Gasteiger partial charge in [-0.2, -0.15) is 4.31 Å². The Labute approximate surface area is 130 Å². The average molecular weight is 331 g/mol. The fraction of sp³-hybridized carbons (Fsp3) is 0.600. The Morgan fingerprint density at radius 3 is 2.59 bits per heavy atom. The molecule has 2 rings (SSSR count). The number of aliphatic hydroxyl groups excluding tert-OH is 1. The fourth-order valence-corrected chi connectivity index (χ4v) is 4.12. The van der Waals surface area contributed by atoms with Gasteiger partial charge in [-0.05, 0) is 38.0 Å². The van der Waals surface area contributed by atoms with Crippen molar-refractivity contribution in [2.45, 2.75) is 38.5 Å². The van der Waals surface area contributed by atoms with Crippen molar-refractivity contribution in [3.63, 3.8) is 0 Å². The van der Waals surface area contributed by atoms with Gasteiger partial charge >= 0.3 is 0 Å². The van der Waals surface area contributed by atoms with E-state index in [0.717, 1.165) is 0 Å². The Kier molecular flexibility index (Phi) is 5.55. The molecule has 1 aromatic carbocycles. The number of aliphatic hydroxyl groups is 1. The fourth-order valence-electron chi connectivity index (χ4n) is 2.59. The molecule has 5 nitrogen and oxygen atoms in total. The maximum Gasteiger partial charge on any atom is 0.217 e. The van der Waals surface area contributed by atoms with Crippen LogP contribution in [0.3, 0.4) is 0 Å². The van der Waals surface area contributed by atoms with Gasteiger partial charge in [-0.15, -0.1) is 0 Å². The minimum atomic E-state index is -3.54. The third-order valence-corrected chi connectivity index (χ3v) is 5.44. The molecule has 7 heteroatoms. The second-order valence-electron chi connectivity index (χ2n) is 5.76. The SMILES string of the molecule is CC(C)OCCS(=O)(=O)N1C[C@@H](O)C[C@H]1c1ccc(F)cc1. The van der Waals surface area contributed by atoms with Crippen molar-refractivity contribution in [1.82, 2.24) is 4.31 Å². The molecule has 1 aromatic rings. The molecule has 124 valence electrons. The van der Waals surface area contributed by atoms with Crippen LogP contribution in [0.15, 0.2) is 24.3 Å². The maximum atomic E-state index is 13.0. The highest BCUT2D eigenvalue weighted by molar-refractivity contribution is 7.89. The molecular weight excluding hydrogens is 309 g/mol. The van der Waals surface area contributed by atoms with Gasteiger partial charge < -0.3 is 9.84 Å². The third kappa shape index (κ3) is 4.25. The summed E-state index contributed by atoms with van der Waals surface area (Å²) in [4.78, 5) is 0. The number of hydrogen-bond donors (Lipinski definition) is 1. The quantitative estimate of drug-likeness (QED) is 0.861. The van der Waals surface area contributed by atoms with Crippen molar-refractivity contribution in [3.05, 3.63) is 35.6 Å². The van der Waals surface area contributed by atoms with E-state index in [-0.39, 0.29) is 30.8 Å². The molecule has 1 N–H and O–H groups in total. The van der Waals surface area contributed by atoms with E-state index in [9.17, 15) is 17.9 Å². The van der Waals surface area contributed by atoms with E-state index in [1.54, 1.807) is 12.1 Å². The van der Waals surface area contributed by atoms with Gasteiger partial charge in [0.15, 0.2) is 0 Å². The van der Waals surface area contributed by atoms with Crippen molar-refractivity contribution in [2.24, 2.45) is 0 Å². The Bertz CT molecular complexity index is 588. The smallest absolute Gasteiger partial charge is 0.217 e. The van der Waals surface area contributed by atoms with Gasteiger partial charge in [-0.1, -0.05) is 12.1 Å². The highest BCUT2D eigenvalue weighted by Crippen LogP contribution is 2.34. The Balaban J connectivity index is 2.14. The molecule has 0 bridgehead atoms. The summed E-state index contributed by atoms with van der Waals surface area (Å²) in [6.45, 7) is 3.86. The van der Waals surface area contributed by atoms with Crippen LogP contribution < -0.4 is 0 Å². The van der Waals surface area contributed by atoms with Gasteiger partial charge in [0.25, 0.3) is 0 Å². The first-order chi connectivity index (χ1) is 10.3. The molecule has 1 aliphatic heterocycles. The van der Waals surface area contributed by atoms with Crippen LogP contribution in [-0.4, -0.2) is 48.9 Å². The molecule has 22 heavy (non-hydrogen) atoms. The van der Waals surface area contributed by atoms with Crippen LogP contribution in [0.25, 0.3) is 0 Å². The third-order valence-electron chi connectivity index (χ3n) is 3.64. The van der Waals surface area contributed by atoms with E-state index in [2.05, 4.69) is 0 Å². The number of β-amino-alcohol motifs (C(OH)–C–C–N with tert-alkyl or cyclic N) is 1. The predicted octanol–water partition coefficient (Wildman–Crippen LogP) is 1.69. The Morgan fingerprint density at radius 2 is 2.00 bits per heavy atom. The molecular formula is C15H22FNO4S. The molecule has 0 saturated carbocycles. The van der Waals surface area contributed by atoms with E-state index in [4.69, 9.17) is 4.74 Å². The molecule has 1 aliphatic rings. The van der Waals surface area contributed by atoms with E-state index >= 15 is 0 Å². The number of rotatable bonds is 6. The van der Waals surface area contributed by atoms with Gasteiger partial charge in [0.1, 0.15) is 5.82 Å². The molecule has 0 aromatic heterocycles. The molecule has 0 unspecified atom stereocenters. The first-order valence-corrected chi connectivity index (χ1v) is 8.95. The van der Waals surface area contributed by atoms with Crippen molar-refractivity contribution < 1.29 is 22.7 Å². The van der Waals surface area contributed by atoms with Crippen LogP contribution in [0.1, 0.15) is 31.9 Å². The summed E-state index contributed by atoms with van der Waals surface area (Å²) in [7, 11) is -3.54. The molecule has 1 heterocycles. The molecule has 0 spiro atoms. The second kappa shape index (κ2) is 7.04. The summed E-state index contributed by atoms with van der Waals surface area (Å²) in [5, 5.41) is 9.85. The Hall–Kier alpha value is -1.02. The molecule has 1 saturated heterocycles. The van der Waals surface area contributed by atoms with E-state index in [0.29, 0.717) is 12.0 Å². The van der Waals surface area contributed by atoms with Crippen molar-refractivity contribution in [2.75, 3.05) is 18.9 Å². The second-order valence-corrected chi connectivity index (χ2v) is 7.80. The van der Waals surface area contributed by atoms with E-state index in [1.165, 1.54) is 16.4 Å². The number of sulfonamides is 1. The van der Waals surface area contributed by atoms with Gasteiger partial charge in [0.05, 0.1) is 30.6 Å². The molecule has 1 fully saturated rings. The molecule has 0 aliphatic carbocycles. The van der Waals surface area contributed by atoms with Gasteiger partial charge in [-0.3, -0.25) is 0 Å². The van der Waals surface area contributed by atoms with Crippen LogP contribution in [0.2, 0.25) is 0 Å². The van der Waals surface area contributed by atoms with Crippen LogP contribution >= 0.6 is 0 Å². The zero-order valence-corrected chi connectivity index (χ0v) is 13.6. The van der Waals surface area contributed by atoms with Crippen LogP contribution in [0.4, 0.5) is 4.39 Å². The topological polar surface area (TPSA) is 66.8 Å². The molecule has 0 amide bonds. The standard InChI is InChI=1S/C15H22FNO4S/c1-11(2)21-7-8-22(19,20)17-10-14(18)9-15(17)12-3-5-13(16)6-4-12/h3-6,11,14-15,18H,7-10H2,1-2H3/t14-,15-/m0/s1. The summed E-state index contributed by atoms with van der Waals surface area (Å²) in [5.74, 6) is -0.502. The van der Waals surface area contributed by atoms with Crippen molar-refractivity contribution in [3.8, 4) is 0 Å². The monoisotopic (exact) mass is 331 g/mol. The lowest BCUT2D eigenvalue weighted by Crippen LogP contribution is -2.35. The minimum absolute atomic E-state index is 0.0349. The maximum absolute atomic E-state index is 13.0. The van der Waals surface area contributed by atoms with Gasteiger partial charge in [-0.25, -0.2) is 12.8 Å². The van der Waals surface area contributed by atoms with Crippen LogP contribution in [-0.2, 0) is 14.8 Å². The van der Waals surface area contributed by atoms with E-state index < -0.39 is 22.2 Å². The first-order valence-electron chi connectivity index (χ1n) is 7.34. The zero-order valence-electron chi connectivity index (χ0n) is 12.8. The highest BCUT2D eigenvalue weighted by atomic mass is 32.2. The number of halogens is 1. The van der Waals surface area contributed by atoms with Crippen molar-refractivity contribution in [1.29, 1.82) is 0 Å². The average Bonchev–Trinajstić information content (AvgIpc) is 2.82. The van der Waals surface area contributed by atoms with Gasteiger partial charge in [0, 0.05) is 6.54 Å². The summed E-state index contributed by atoms with van der Waals surface area (Å²) in [6, 6.07) is 5.26. The molecule has 0 radical (unpaired) electrons. The minimum Gasteiger partial charge on any atom is -0.392 e. The Morgan fingerprint density at radius 1 is 1.36 bits per heavy atom. The van der Waals surface area contributed by atoms with Gasteiger partial charge in [0.2, 0.25) is 10.0 Å². The van der Waals surface area contributed by atoms with Crippen molar-refractivity contribution >= 4 is 10.0 Å². The summed E-state index contributed by atoms with van der Waals surface area (Å²) in [5.41, 5.74) is 0.686. The number of benzene rings is 1. The van der Waals surface area contributed by atoms with Crippen LogP contribution in [0, 0.1) is 5.82 Å².